The van der Waals surface area contributed by atoms with Crippen LogP contribution in [0.25, 0.3) is 0 Å². The molecule has 2 N–H and O–H groups in total. The summed E-state index contributed by atoms with van der Waals surface area (Å²) < 4.78 is 5.69. The SMILES string of the molecule is CCc1ccc2c(c1)C(O)C(N(C)CCO)CO2. The lowest BCUT2D eigenvalue weighted by Crippen LogP contribution is -2.45. The maximum atomic E-state index is 10.4. The minimum atomic E-state index is -0.559. The quantitative estimate of drug-likeness (QED) is 0.837. The predicted molar refractivity (Wildman–Crippen MR) is 69.8 cm³/mol. The first-order chi connectivity index (χ1) is 8.67. The third-order valence-electron chi connectivity index (χ3n) is 3.59. The van der Waals surface area contributed by atoms with Gasteiger partial charge in [0.15, 0.2) is 0 Å². The van der Waals surface area contributed by atoms with Gasteiger partial charge < -0.3 is 14.9 Å². The Morgan fingerprint density at radius 1 is 1.44 bits per heavy atom. The number of rotatable bonds is 4. The van der Waals surface area contributed by atoms with Crippen molar-refractivity contribution in [3.05, 3.63) is 29.3 Å². The van der Waals surface area contributed by atoms with Crippen LogP contribution in [-0.2, 0) is 6.42 Å². The Morgan fingerprint density at radius 2 is 2.22 bits per heavy atom. The van der Waals surface area contributed by atoms with E-state index in [0.717, 1.165) is 17.7 Å². The molecule has 100 valence electrons. The monoisotopic (exact) mass is 251 g/mol. The van der Waals surface area contributed by atoms with Crippen LogP contribution in [-0.4, -0.2) is 48.0 Å². The molecule has 0 saturated heterocycles. The van der Waals surface area contributed by atoms with E-state index in [-0.39, 0.29) is 12.6 Å². The van der Waals surface area contributed by atoms with Gasteiger partial charge in [0.25, 0.3) is 0 Å². The number of likely N-dealkylation sites (N-methyl/N-ethyl adjacent to an activating group) is 1. The molecule has 0 radical (unpaired) electrons. The molecule has 0 bridgehead atoms. The minimum absolute atomic E-state index is 0.0849. The molecule has 2 unspecified atom stereocenters. The average Bonchev–Trinajstić information content (AvgIpc) is 2.39. The lowest BCUT2D eigenvalue weighted by atomic mass is 9.96. The van der Waals surface area contributed by atoms with E-state index in [9.17, 15) is 5.11 Å². The van der Waals surface area contributed by atoms with Gasteiger partial charge in [-0.1, -0.05) is 13.0 Å². The zero-order valence-corrected chi connectivity index (χ0v) is 11.0. The molecule has 1 heterocycles. The highest BCUT2D eigenvalue weighted by Crippen LogP contribution is 2.34. The predicted octanol–water partition coefficient (Wildman–Crippen LogP) is 0.967. The molecule has 1 aromatic carbocycles. The average molecular weight is 251 g/mol. The van der Waals surface area contributed by atoms with E-state index < -0.39 is 6.10 Å². The summed E-state index contributed by atoms with van der Waals surface area (Å²) in [6, 6.07) is 5.87. The van der Waals surface area contributed by atoms with Crippen molar-refractivity contribution >= 4 is 0 Å². The molecule has 18 heavy (non-hydrogen) atoms. The van der Waals surface area contributed by atoms with E-state index in [1.165, 1.54) is 5.56 Å². The van der Waals surface area contributed by atoms with Crippen LogP contribution in [0.5, 0.6) is 5.75 Å². The van der Waals surface area contributed by atoms with Gasteiger partial charge in [-0.05, 0) is 31.2 Å². The first-order valence-corrected chi connectivity index (χ1v) is 6.42. The molecule has 2 rings (SSSR count). The first-order valence-electron chi connectivity index (χ1n) is 6.42. The summed E-state index contributed by atoms with van der Waals surface area (Å²) in [5.74, 6) is 0.772. The first kappa shape index (κ1) is 13.3. The highest BCUT2D eigenvalue weighted by Gasteiger charge is 2.32. The van der Waals surface area contributed by atoms with Crippen molar-refractivity contribution < 1.29 is 14.9 Å². The van der Waals surface area contributed by atoms with E-state index in [0.29, 0.717) is 13.2 Å². The Balaban J connectivity index is 2.23. The van der Waals surface area contributed by atoms with Gasteiger partial charge in [0.1, 0.15) is 18.5 Å². The third-order valence-corrected chi connectivity index (χ3v) is 3.59. The van der Waals surface area contributed by atoms with E-state index in [2.05, 4.69) is 6.92 Å². The summed E-state index contributed by atoms with van der Waals surface area (Å²) in [5.41, 5.74) is 2.05. The van der Waals surface area contributed by atoms with Crippen LogP contribution in [0.1, 0.15) is 24.2 Å². The number of aliphatic hydroxyl groups is 2. The molecular weight excluding hydrogens is 230 g/mol. The number of hydrogen-bond acceptors (Lipinski definition) is 4. The largest absolute Gasteiger partial charge is 0.491 e. The lowest BCUT2D eigenvalue weighted by molar-refractivity contribution is 0.00945. The molecule has 0 amide bonds. The highest BCUT2D eigenvalue weighted by atomic mass is 16.5. The fourth-order valence-corrected chi connectivity index (χ4v) is 2.35. The standard InChI is InChI=1S/C14H21NO3/c1-3-10-4-5-13-11(8-10)14(17)12(9-18-13)15(2)6-7-16/h4-5,8,12,14,16-17H,3,6-7,9H2,1-2H3. The molecule has 4 nitrogen and oxygen atoms in total. The number of aliphatic hydroxyl groups excluding tert-OH is 2. The van der Waals surface area contributed by atoms with Crippen molar-refractivity contribution in [1.29, 1.82) is 0 Å². The van der Waals surface area contributed by atoms with Gasteiger partial charge in [0.2, 0.25) is 0 Å². The second-order valence-electron chi connectivity index (χ2n) is 4.75. The van der Waals surface area contributed by atoms with Crippen LogP contribution in [0, 0.1) is 0 Å². The van der Waals surface area contributed by atoms with Crippen molar-refractivity contribution in [3.8, 4) is 5.75 Å². The van der Waals surface area contributed by atoms with Crippen LogP contribution >= 0.6 is 0 Å². The van der Waals surface area contributed by atoms with Crippen molar-refractivity contribution in [1.82, 2.24) is 4.90 Å². The van der Waals surface area contributed by atoms with Crippen LogP contribution in [0.3, 0.4) is 0 Å². The zero-order chi connectivity index (χ0) is 13.1. The van der Waals surface area contributed by atoms with E-state index in [1.54, 1.807) is 0 Å². The van der Waals surface area contributed by atoms with Gasteiger partial charge in [-0.3, -0.25) is 4.90 Å². The lowest BCUT2D eigenvalue weighted by Gasteiger charge is -2.36. The van der Waals surface area contributed by atoms with Crippen molar-refractivity contribution in [3.63, 3.8) is 0 Å². The molecule has 1 aromatic rings. The Hall–Kier alpha value is -1.10. The minimum Gasteiger partial charge on any atom is -0.491 e. The van der Waals surface area contributed by atoms with Crippen LogP contribution < -0.4 is 4.74 Å². The fourth-order valence-electron chi connectivity index (χ4n) is 2.35. The Morgan fingerprint density at radius 3 is 2.89 bits per heavy atom. The Labute approximate surface area is 108 Å². The van der Waals surface area contributed by atoms with Gasteiger partial charge >= 0.3 is 0 Å². The van der Waals surface area contributed by atoms with E-state index in [1.807, 2.05) is 30.1 Å². The summed E-state index contributed by atoms with van der Waals surface area (Å²) >= 11 is 0. The van der Waals surface area contributed by atoms with Gasteiger partial charge in [-0.25, -0.2) is 0 Å². The summed E-state index contributed by atoms with van der Waals surface area (Å²) in [6.45, 7) is 3.17. The summed E-state index contributed by atoms with van der Waals surface area (Å²) in [4.78, 5) is 1.94. The molecule has 0 saturated carbocycles. The normalized spacial score (nSPS) is 22.7. The van der Waals surface area contributed by atoms with Crippen LogP contribution in [0.4, 0.5) is 0 Å². The Bertz CT molecular complexity index is 408. The summed E-state index contributed by atoms with van der Waals surface area (Å²) in [6.07, 6.45) is 0.383. The van der Waals surface area contributed by atoms with Crippen molar-refractivity contribution in [2.75, 3.05) is 26.8 Å². The summed E-state index contributed by atoms with van der Waals surface area (Å²) in [5, 5.41) is 19.4. The smallest absolute Gasteiger partial charge is 0.125 e. The maximum absolute atomic E-state index is 10.4. The van der Waals surface area contributed by atoms with Crippen LogP contribution in [0.2, 0.25) is 0 Å². The van der Waals surface area contributed by atoms with E-state index in [4.69, 9.17) is 9.84 Å². The molecular formula is C14H21NO3. The van der Waals surface area contributed by atoms with E-state index >= 15 is 0 Å². The molecule has 0 spiro atoms. The highest BCUT2D eigenvalue weighted by molar-refractivity contribution is 5.41. The van der Waals surface area contributed by atoms with Crippen molar-refractivity contribution in [2.45, 2.75) is 25.5 Å². The number of nitrogens with zero attached hydrogens (tertiary/aromatic N) is 1. The molecule has 0 fully saturated rings. The molecule has 1 aliphatic heterocycles. The molecule has 2 atom stereocenters. The van der Waals surface area contributed by atoms with Gasteiger partial charge in [0, 0.05) is 12.1 Å². The maximum Gasteiger partial charge on any atom is 0.125 e. The molecule has 1 aliphatic rings. The number of fused-ring (bicyclic) bond motifs is 1. The second-order valence-corrected chi connectivity index (χ2v) is 4.75. The van der Waals surface area contributed by atoms with Crippen molar-refractivity contribution in [2.24, 2.45) is 0 Å². The number of ether oxygens (including phenoxy) is 1. The van der Waals surface area contributed by atoms with Crippen LogP contribution in [0.15, 0.2) is 18.2 Å². The Kier molecular flexibility index (Phi) is 4.22. The zero-order valence-electron chi connectivity index (χ0n) is 11.0. The molecule has 4 heteroatoms. The second kappa shape index (κ2) is 5.69. The van der Waals surface area contributed by atoms with Gasteiger partial charge in [0.05, 0.1) is 12.6 Å². The third kappa shape index (κ3) is 2.51. The topological polar surface area (TPSA) is 52.9 Å². The fraction of sp³-hybridized carbons (Fsp3) is 0.571. The molecule has 0 aliphatic carbocycles. The number of benzene rings is 1. The molecule has 0 aromatic heterocycles. The van der Waals surface area contributed by atoms with Gasteiger partial charge in [-0.2, -0.15) is 0 Å². The number of aryl methyl sites for hydroxylation is 1. The number of hydrogen-bond donors (Lipinski definition) is 2. The van der Waals surface area contributed by atoms with Gasteiger partial charge in [-0.15, -0.1) is 0 Å². The summed E-state index contributed by atoms with van der Waals surface area (Å²) in [7, 11) is 1.89.